The van der Waals surface area contributed by atoms with Crippen molar-refractivity contribution in [2.24, 2.45) is 7.05 Å². The second kappa shape index (κ2) is 6.39. The lowest BCUT2D eigenvalue weighted by Crippen LogP contribution is -2.35. The van der Waals surface area contributed by atoms with Crippen LogP contribution in [0.25, 0.3) is 11.4 Å². The molecule has 24 heavy (non-hydrogen) atoms. The first-order valence-corrected chi connectivity index (χ1v) is 8.28. The van der Waals surface area contributed by atoms with E-state index in [1.54, 1.807) is 12.4 Å². The summed E-state index contributed by atoms with van der Waals surface area (Å²) in [5.41, 5.74) is 1.00. The second-order valence-electron chi connectivity index (χ2n) is 6.13. The Bertz CT molecular complexity index is 799. The zero-order chi connectivity index (χ0) is 16.4. The smallest absolute Gasteiger partial charge is 0.181 e. The van der Waals surface area contributed by atoms with Gasteiger partial charge < -0.3 is 4.90 Å². The van der Waals surface area contributed by atoms with Gasteiger partial charge in [-0.3, -0.25) is 9.67 Å². The molecule has 1 aliphatic rings. The van der Waals surface area contributed by atoms with E-state index in [2.05, 4.69) is 26.0 Å². The molecule has 1 saturated heterocycles. The molecule has 0 saturated carbocycles. The first-order valence-electron chi connectivity index (χ1n) is 8.28. The molecule has 0 spiro atoms. The highest BCUT2D eigenvalue weighted by Crippen LogP contribution is 2.29. The van der Waals surface area contributed by atoms with E-state index in [1.807, 2.05) is 42.2 Å². The highest BCUT2D eigenvalue weighted by molar-refractivity contribution is 5.53. The van der Waals surface area contributed by atoms with Crippen LogP contribution in [0.3, 0.4) is 0 Å². The van der Waals surface area contributed by atoms with Gasteiger partial charge in [0.05, 0.1) is 0 Å². The average molecular weight is 320 g/mol. The SMILES string of the molecule is Cn1nc(-c2ccncc2)nc1[C@H]1CCCN(c2ccccn2)C1. The van der Waals surface area contributed by atoms with Crippen LogP contribution >= 0.6 is 0 Å². The number of nitrogens with zero attached hydrogens (tertiary/aromatic N) is 6. The van der Waals surface area contributed by atoms with Gasteiger partial charge in [0.2, 0.25) is 0 Å². The van der Waals surface area contributed by atoms with E-state index in [4.69, 9.17) is 4.98 Å². The van der Waals surface area contributed by atoms with Crippen LogP contribution in [-0.4, -0.2) is 37.8 Å². The topological polar surface area (TPSA) is 59.7 Å². The molecule has 4 rings (SSSR count). The number of pyridine rings is 2. The minimum atomic E-state index is 0.369. The van der Waals surface area contributed by atoms with Crippen molar-refractivity contribution in [1.82, 2.24) is 24.7 Å². The van der Waals surface area contributed by atoms with Gasteiger partial charge in [0.25, 0.3) is 0 Å². The Labute approximate surface area is 141 Å². The van der Waals surface area contributed by atoms with E-state index in [0.29, 0.717) is 5.92 Å². The third kappa shape index (κ3) is 2.87. The molecular formula is C18H20N6. The molecule has 1 aliphatic heterocycles. The third-order valence-electron chi connectivity index (χ3n) is 4.50. The summed E-state index contributed by atoms with van der Waals surface area (Å²) in [5, 5.41) is 4.60. The summed E-state index contributed by atoms with van der Waals surface area (Å²) in [6, 6.07) is 9.95. The molecule has 1 atom stereocenters. The van der Waals surface area contributed by atoms with Crippen molar-refractivity contribution in [2.75, 3.05) is 18.0 Å². The van der Waals surface area contributed by atoms with Gasteiger partial charge >= 0.3 is 0 Å². The Morgan fingerprint density at radius 1 is 1.08 bits per heavy atom. The molecule has 0 radical (unpaired) electrons. The van der Waals surface area contributed by atoms with E-state index in [9.17, 15) is 0 Å². The van der Waals surface area contributed by atoms with Crippen molar-refractivity contribution in [2.45, 2.75) is 18.8 Å². The Morgan fingerprint density at radius 2 is 1.96 bits per heavy atom. The standard InChI is InChI=1S/C18H20N6/c1-23-18(21-17(22-23)14-7-10-19-11-8-14)15-5-4-12-24(13-15)16-6-2-3-9-20-16/h2-3,6-11,15H,4-5,12-13H2,1H3/t15-/m0/s1. The molecule has 0 amide bonds. The van der Waals surface area contributed by atoms with E-state index < -0.39 is 0 Å². The maximum Gasteiger partial charge on any atom is 0.181 e. The van der Waals surface area contributed by atoms with Crippen molar-refractivity contribution in [3.8, 4) is 11.4 Å². The fourth-order valence-corrected chi connectivity index (χ4v) is 3.31. The maximum atomic E-state index is 4.81. The van der Waals surface area contributed by atoms with Gasteiger partial charge in [-0.15, -0.1) is 0 Å². The van der Waals surface area contributed by atoms with Crippen molar-refractivity contribution in [3.63, 3.8) is 0 Å². The van der Waals surface area contributed by atoms with Gasteiger partial charge in [-0.1, -0.05) is 6.07 Å². The van der Waals surface area contributed by atoms with Crippen LogP contribution in [-0.2, 0) is 7.05 Å². The first-order chi connectivity index (χ1) is 11.8. The summed E-state index contributed by atoms with van der Waals surface area (Å²) < 4.78 is 1.92. The van der Waals surface area contributed by atoms with Crippen LogP contribution in [0.2, 0.25) is 0 Å². The molecule has 3 aromatic heterocycles. The predicted octanol–water partition coefficient (Wildman–Crippen LogP) is 2.66. The van der Waals surface area contributed by atoms with Crippen LogP contribution in [0.1, 0.15) is 24.6 Å². The second-order valence-corrected chi connectivity index (χ2v) is 6.13. The summed E-state index contributed by atoms with van der Waals surface area (Å²) in [6.45, 7) is 1.97. The lowest BCUT2D eigenvalue weighted by Gasteiger charge is -2.32. The van der Waals surface area contributed by atoms with Gasteiger partial charge in [-0.2, -0.15) is 5.10 Å². The molecule has 6 heteroatoms. The van der Waals surface area contributed by atoms with Gasteiger partial charge in [-0.05, 0) is 37.1 Å². The Hall–Kier alpha value is -2.76. The molecule has 3 aromatic rings. The molecule has 0 aliphatic carbocycles. The van der Waals surface area contributed by atoms with E-state index in [-0.39, 0.29) is 0 Å². The number of rotatable bonds is 3. The van der Waals surface area contributed by atoms with E-state index in [0.717, 1.165) is 49.0 Å². The molecule has 122 valence electrons. The molecule has 0 N–H and O–H groups in total. The Morgan fingerprint density at radius 3 is 2.75 bits per heavy atom. The van der Waals surface area contributed by atoms with Gasteiger partial charge in [0.1, 0.15) is 11.6 Å². The van der Waals surface area contributed by atoms with Crippen LogP contribution in [0.15, 0.2) is 48.9 Å². The predicted molar refractivity (Wildman–Crippen MR) is 92.7 cm³/mol. The highest BCUT2D eigenvalue weighted by Gasteiger charge is 2.26. The number of aryl methyl sites for hydroxylation is 1. The summed E-state index contributed by atoms with van der Waals surface area (Å²) in [7, 11) is 1.98. The fourth-order valence-electron chi connectivity index (χ4n) is 3.31. The van der Waals surface area contributed by atoms with Crippen LogP contribution in [0.4, 0.5) is 5.82 Å². The van der Waals surface area contributed by atoms with E-state index in [1.165, 1.54) is 0 Å². The number of hydrogen-bond acceptors (Lipinski definition) is 5. The minimum absolute atomic E-state index is 0.369. The molecule has 6 nitrogen and oxygen atoms in total. The summed E-state index contributed by atoms with van der Waals surface area (Å²) in [6.07, 6.45) is 7.66. The Balaban J connectivity index is 1.58. The molecular weight excluding hydrogens is 300 g/mol. The fraction of sp³-hybridized carbons (Fsp3) is 0.333. The monoisotopic (exact) mass is 320 g/mol. The van der Waals surface area contributed by atoms with Gasteiger partial charge in [-0.25, -0.2) is 9.97 Å². The maximum absolute atomic E-state index is 4.81. The van der Waals surface area contributed by atoms with Crippen molar-refractivity contribution in [1.29, 1.82) is 0 Å². The van der Waals surface area contributed by atoms with Crippen LogP contribution < -0.4 is 4.90 Å². The number of anilines is 1. The molecule has 0 aromatic carbocycles. The van der Waals surface area contributed by atoms with Crippen molar-refractivity contribution < 1.29 is 0 Å². The molecule has 0 unspecified atom stereocenters. The highest BCUT2D eigenvalue weighted by atomic mass is 15.3. The minimum Gasteiger partial charge on any atom is -0.356 e. The molecule has 1 fully saturated rings. The largest absolute Gasteiger partial charge is 0.356 e. The quantitative estimate of drug-likeness (QED) is 0.742. The van der Waals surface area contributed by atoms with Crippen molar-refractivity contribution >= 4 is 5.82 Å². The molecule has 0 bridgehead atoms. The average Bonchev–Trinajstić information content (AvgIpc) is 3.05. The molecule has 4 heterocycles. The van der Waals surface area contributed by atoms with Crippen LogP contribution in [0, 0.1) is 0 Å². The first kappa shape index (κ1) is 14.8. The number of aromatic nitrogens is 5. The number of hydrogen-bond donors (Lipinski definition) is 0. The van der Waals surface area contributed by atoms with Crippen molar-refractivity contribution in [3.05, 3.63) is 54.7 Å². The van der Waals surface area contributed by atoms with Crippen LogP contribution in [0.5, 0.6) is 0 Å². The normalized spacial score (nSPS) is 17.9. The van der Waals surface area contributed by atoms with Gasteiger partial charge in [0.15, 0.2) is 5.82 Å². The van der Waals surface area contributed by atoms with E-state index >= 15 is 0 Å². The zero-order valence-electron chi connectivity index (χ0n) is 13.7. The summed E-state index contributed by atoms with van der Waals surface area (Å²) >= 11 is 0. The Kier molecular flexibility index (Phi) is 3.94. The third-order valence-corrected chi connectivity index (χ3v) is 4.50. The lowest BCUT2D eigenvalue weighted by atomic mass is 9.97. The summed E-state index contributed by atoms with van der Waals surface area (Å²) in [4.78, 5) is 15.7. The lowest BCUT2D eigenvalue weighted by molar-refractivity contribution is 0.472. The van der Waals surface area contributed by atoms with Gasteiger partial charge in [0, 0.05) is 50.2 Å². The number of piperidine rings is 1. The zero-order valence-corrected chi connectivity index (χ0v) is 13.7. The summed E-state index contributed by atoms with van der Waals surface area (Å²) in [5.74, 6) is 3.22.